The number of carbonyl (C=O) groups excluding carboxylic acids is 1. The van der Waals surface area contributed by atoms with Gasteiger partial charge in [-0.15, -0.1) is 0 Å². The monoisotopic (exact) mass is 330 g/mol. The Morgan fingerprint density at radius 2 is 1.75 bits per heavy atom. The number of methoxy groups -OCH3 is 1. The van der Waals surface area contributed by atoms with Crippen LogP contribution >= 0.6 is 0 Å². The van der Waals surface area contributed by atoms with Gasteiger partial charge in [-0.25, -0.2) is 0 Å². The molecule has 0 aromatic heterocycles. The number of benzene rings is 2. The zero-order valence-electron chi connectivity index (χ0n) is 13.1. The fourth-order valence-electron chi connectivity index (χ4n) is 2.38. The Morgan fingerprint density at radius 1 is 1.04 bits per heavy atom. The van der Waals surface area contributed by atoms with Crippen molar-refractivity contribution < 1.29 is 25.1 Å². The van der Waals surface area contributed by atoms with Gasteiger partial charge in [0.15, 0.2) is 0 Å². The van der Waals surface area contributed by atoms with Crippen molar-refractivity contribution >= 4 is 28.2 Å². The Bertz CT molecular complexity index is 799. The third-order valence-corrected chi connectivity index (χ3v) is 3.61. The van der Waals surface area contributed by atoms with Crippen LogP contribution in [0.1, 0.15) is 24.8 Å². The highest BCUT2D eigenvalue weighted by Gasteiger charge is 2.15. The highest BCUT2D eigenvalue weighted by molar-refractivity contribution is 6.48. The van der Waals surface area contributed by atoms with E-state index in [1.807, 2.05) is 0 Å². The van der Waals surface area contributed by atoms with Crippen molar-refractivity contribution in [3.8, 4) is 5.75 Å². The Morgan fingerprint density at radius 3 is 2.42 bits per heavy atom. The number of fused-ring (bicyclic) bond motifs is 1. The van der Waals surface area contributed by atoms with Crippen LogP contribution in [0.5, 0.6) is 5.75 Å². The summed E-state index contributed by atoms with van der Waals surface area (Å²) in [4.78, 5) is 11.1. The molecule has 2 aromatic rings. The summed E-state index contributed by atoms with van der Waals surface area (Å²) in [6.45, 7) is 0. The summed E-state index contributed by atoms with van der Waals surface area (Å²) in [5.41, 5.74) is 0.846. The molecule has 0 atom stereocenters. The number of ether oxygens (including phenoxy) is 1. The summed E-state index contributed by atoms with van der Waals surface area (Å²) in [6.07, 6.45) is 0.816. The lowest BCUT2D eigenvalue weighted by atomic mass is 9.98. The number of phenols is 1. The van der Waals surface area contributed by atoms with E-state index in [9.17, 15) is 20.3 Å². The van der Waals surface area contributed by atoms with E-state index < -0.39 is 0 Å². The molecule has 2 aromatic carbocycles. The fraction of sp³-hybridized carbons (Fsp3) is 0.235. The first kappa shape index (κ1) is 17.3. The normalized spacial score (nSPS) is 12.4. The van der Waals surface area contributed by atoms with E-state index in [0.717, 1.165) is 10.8 Å². The van der Waals surface area contributed by atoms with E-state index in [0.29, 0.717) is 12.0 Å². The number of aromatic hydroxyl groups is 1. The van der Waals surface area contributed by atoms with E-state index >= 15 is 0 Å². The third-order valence-electron chi connectivity index (χ3n) is 3.61. The van der Waals surface area contributed by atoms with Crippen molar-refractivity contribution in [1.29, 1.82) is 0 Å². The predicted octanol–water partition coefficient (Wildman–Crippen LogP) is 2.90. The van der Waals surface area contributed by atoms with Gasteiger partial charge in [0.2, 0.25) is 0 Å². The van der Waals surface area contributed by atoms with E-state index in [1.54, 1.807) is 36.4 Å². The molecule has 24 heavy (non-hydrogen) atoms. The molecule has 0 fully saturated rings. The average molecular weight is 330 g/mol. The standard InChI is InChI=1S/C17H18N2O5/c1-24-16(21)4-2-3-15(18-22)17(19-23)13-6-5-12-10-14(20)8-7-11(12)9-13/h5-10,20,22-23H,2-4H2,1H3. The largest absolute Gasteiger partial charge is 0.508 e. The quantitative estimate of drug-likeness (QED) is 0.326. The minimum Gasteiger partial charge on any atom is -0.508 e. The fourth-order valence-corrected chi connectivity index (χ4v) is 2.38. The third kappa shape index (κ3) is 4.01. The number of nitrogens with zero attached hydrogens (tertiary/aromatic N) is 2. The average Bonchev–Trinajstić information content (AvgIpc) is 2.60. The van der Waals surface area contributed by atoms with E-state index in [1.165, 1.54) is 7.11 Å². The molecule has 0 saturated carbocycles. The lowest BCUT2D eigenvalue weighted by Gasteiger charge is -2.08. The smallest absolute Gasteiger partial charge is 0.305 e. The van der Waals surface area contributed by atoms with Gasteiger partial charge < -0.3 is 20.3 Å². The molecule has 0 aliphatic heterocycles. The minimum absolute atomic E-state index is 0.123. The molecule has 0 unspecified atom stereocenters. The number of carbonyl (C=O) groups is 1. The number of phenolic OH excluding ortho intramolecular Hbond substituents is 1. The van der Waals surface area contributed by atoms with Gasteiger partial charge >= 0.3 is 5.97 Å². The van der Waals surface area contributed by atoms with E-state index in [4.69, 9.17) is 0 Å². The molecule has 2 rings (SSSR count). The summed E-state index contributed by atoms with van der Waals surface area (Å²) in [5.74, 6) is -0.202. The molecule has 0 radical (unpaired) electrons. The van der Waals surface area contributed by atoms with Crippen molar-refractivity contribution in [2.75, 3.05) is 7.11 Å². The maximum Gasteiger partial charge on any atom is 0.305 e. The molecule has 0 spiro atoms. The Hall–Kier alpha value is -3.09. The zero-order valence-corrected chi connectivity index (χ0v) is 13.1. The van der Waals surface area contributed by atoms with Gasteiger partial charge in [0.05, 0.1) is 7.11 Å². The Kier molecular flexibility index (Phi) is 5.73. The molecule has 3 N–H and O–H groups in total. The molecule has 0 aliphatic rings. The van der Waals surface area contributed by atoms with E-state index in [-0.39, 0.29) is 36.0 Å². The second kappa shape index (κ2) is 7.96. The maximum atomic E-state index is 11.1. The molecule has 0 saturated heterocycles. The van der Waals surface area contributed by atoms with Gasteiger partial charge in [-0.2, -0.15) is 0 Å². The Labute approximate surface area is 138 Å². The first-order chi connectivity index (χ1) is 11.6. The minimum atomic E-state index is -0.361. The number of esters is 1. The van der Waals surface area contributed by atoms with Gasteiger partial charge in [0, 0.05) is 12.0 Å². The zero-order chi connectivity index (χ0) is 17.5. The van der Waals surface area contributed by atoms with Crippen LogP contribution in [0.25, 0.3) is 10.8 Å². The number of rotatable bonds is 6. The molecule has 0 heterocycles. The van der Waals surface area contributed by atoms with Crippen molar-refractivity contribution in [2.45, 2.75) is 19.3 Å². The van der Waals surface area contributed by atoms with Crippen LogP contribution in [0.3, 0.4) is 0 Å². The molecule has 0 amide bonds. The summed E-state index contributed by atoms with van der Waals surface area (Å²) < 4.78 is 4.55. The van der Waals surface area contributed by atoms with Gasteiger partial charge in [-0.1, -0.05) is 28.5 Å². The van der Waals surface area contributed by atoms with E-state index in [2.05, 4.69) is 15.0 Å². The highest BCUT2D eigenvalue weighted by atomic mass is 16.5. The van der Waals surface area contributed by atoms with Crippen molar-refractivity contribution in [3.05, 3.63) is 42.0 Å². The molecule has 0 bridgehead atoms. The van der Waals surface area contributed by atoms with Gasteiger partial charge in [0.1, 0.15) is 17.2 Å². The maximum absolute atomic E-state index is 11.1. The summed E-state index contributed by atoms with van der Waals surface area (Å²) in [7, 11) is 1.30. The molecular weight excluding hydrogens is 312 g/mol. The lowest BCUT2D eigenvalue weighted by Crippen LogP contribution is -2.16. The van der Waals surface area contributed by atoms with Crippen LogP contribution in [0.2, 0.25) is 0 Å². The SMILES string of the molecule is COC(=O)CCCC(=NO)C(=NO)c1ccc2cc(O)ccc2c1. The number of oxime groups is 2. The first-order valence-electron chi connectivity index (χ1n) is 7.32. The Balaban J connectivity index is 2.23. The number of hydrogen-bond acceptors (Lipinski definition) is 7. The van der Waals surface area contributed by atoms with Crippen molar-refractivity contribution in [3.63, 3.8) is 0 Å². The lowest BCUT2D eigenvalue weighted by molar-refractivity contribution is -0.140. The van der Waals surface area contributed by atoms with Crippen LogP contribution < -0.4 is 0 Å². The van der Waals surface area contributed by atoms with Crippen LogP contribution in [0, 0.1) is 0 Å². The molecule has 0 aliphatic carbocycles. The predicted molar refractivity (Wildman–Crippen MR) is 89.0 cm³/mol. The van der Waals surface area contributed by atoms with Crippen LogP contribution in [-0.4, -0.2) is 40.0 Å². The second-order valence-corrected chi connectivity index (χ2v) is 5.17. The highest BCUT2D eigenvalue weighted by Crippen LogP contribution is 2.22. The van der Waals surface area contributed by atoms with Crippen LogP contribution in [-0.2, 0) is 9.53 Å². The summed E-state index contributed by atoms with van der Waals surface area (Å²) in [6, 6.07) is 10.1. The first-order valence-corrected chi connectivity index (χ1v) is 7.32. The van der Waals surface area contributed by atoms with Gasteiger partial charge in [0.25, 0.3) is 0 Å². The van der Waals surface area contributed by atoms with Crippen molar-refractivity contribution in [1.82, 2.24) is 0 Å². The van der Waals surface area contributed by atoms with Crippen LogP contribution in [0.15, 0.2) is 46.7 Å². The van der Waals surface area contributed by atoms with Gasteiger partial charge in [-0.3, -0.25) is 4.79 Å². The van der Waals surface area contributed by atoms with Gasteiger partial charge in [-0.05, 0) is 41.8 Å². The van der Waals surface area contributed by atoms with Crippen molar-refractivity contribution in [2.24, 2.45) is 10.3 Å². The van der Waals surface area contributed by atoms with Crippen LogP contribution in [0.4, 0.5) is 0 Å². The molecule has 7 nitrogen and oxygen atoms in total. The summed E-state index contributed by atoms with van der Waals surface area (Å²) in [5, 5.41) is 36.1. The summed E-state index contributed by atoms with van der Waals surface area (Å²) >= 11 is 0. The topological polar surface area (TPSA) is 112 Å². The second-order valence-electron chi connectivity index (χ2n) is 5.17. The molecular formula is C17H18N2O5. The molecule has 7 heteroatoms. The number of hydrogen-bond donors (Lipinski definition) is 3. The molecule has 126 valence electrons.